The summed E-state index contributed by atoms with van der Waals surface area (Å²) >= 11 is 5.74. The number of rotatable bonds is 1. The van der Waals surface area contributed by atoms with Gasteiger partial charge in [0.1, 0.15) is 0 Å². The molecule has 1 aliphatic rings. The normalized spacial score (nSPS) is 21.7. The molecule has 1 aromatic rings. The number of nitrogens with two attached hydrogens (primary N) is 1. The lowest BCUT2D eigenvalue weighted by Gasteiger charge is -2.32. The molecule has 5 nitrogen and oxygen atoms in total. The minimum Gasteiger partial charge on any atom is -0.394 e. The predicted octanol–water partition coefficient (Wildman–Crippen LogP) is 0.937. The predicted molar refractivity (Wildman–Crippen MR) is 59.1 cm³/mol. The maximum absolute atomic E-state index is 5.80. The van der Waals surface area contributed by atoms with E-state index in [0.29, 0.717) is 18.1 Å². The summed E-state index contributed by atoms with van der Waals surface area (Å²) in [6.45, 7) is 4.26. The third-order valence-corrected chi connectivity index (χ3v) is 2.49. The third kappa shape index (κ3) is 2.30. The van der Waals surface area contributed by atoms with Crippen LogP contribution in [0.4, 0.5) is 11.5 Å². The van der Waals surface area contributed by atoms with Crippen LogP contribution in [-0.2, 0) is 4.74 Å². The van der Waals surface area contributed by atoms with Gasteiger partial charge in [0, 0.05) is 13.1 Å². The van der Waals surface area contributed by atoms with E-state index in [9.17, 15) is 0 Å². The average Bonchev–Trinajstić information content (AvgIpc) is 2.22. The van der Waals surface area contributed by atoms with Crippen molar-refractivity contribution in [3.63, 3.8) is 0 Å². The van der Waals surface area contributed by atoms with Crippen LogP contribution in [0.5, 0.6) is 0 Å². The monoisotopic (exact) mass is 228 g/mol. The number of nitrogens with zero attached hydrogens (tertiary/aromatic N) is 3. The maximum Gasteiger partial charge on any atom is 0.224 e. The quantitative estimate of drug-likeness (QED) is 0.725. The van der Waals surface area contributed by atoms with E-state index in [-0.39, 0.29) is 11.4 Å². The molecule has 0 aromatic carbocycles. The number of nitrogen functional groups attached to an aromatic ring is 1. The minimum absolute atomic E-state index is 0.187. The van der Waals surface area contributed by atoms with Crippen molar-refractivity contribution in [2.75, 3.05) is 30.3 Å². The number of halogens is 1. The largest absolute Gasteiger partial charge is 0.394 e. The molecule has 0 amide bonds. The fourth-order valence-corrected chi connectivity index (χ4v) is 1.75. The highest BCUT2D eigenvalue weighted by Crippen LogP contribution is 2.22. The lowest BCUT2D eigenvalue weighted by atomic mass is 10.3. The molecule has 6 heteroatoms. The Morgan fingerprint density at radius 2 is 2.47 bits per heavy atom. The summed E-state index contributed by atoms with van der Waals surface area (Å²) in [5.74, 6) is 0.699. The summed E-state index contributed by atoms with van der Waals surface area (Å²) in [7, 11) is 0. The van der Waals surface area contributed by atoms with E-state index in [1.54, 1.807) is 0 Å². The maximum atomic E-state index is 5.80. The van der Waals surface area contributed by atoms with Crippen molar-refractivity contribution in [3.8, 4) is 0 Å². The van der Waals surface area contributed by atoms with Crippen molar-refractivity contribution in [2.45, 2.75) is 13.0 Å². The Kier molecular flexibility index (Phi) is 2.93. The van der Waals surface area contributed by atoms with Gasteiger partial charge < -0.3 is 15.4 Å². The molecular weight excluding hydrogens is 216 g/mol. The molecule has 1 saturated heterocycles. The smallest absolute Gasteiger partial charge is 0.224 e. The van der Waals surface area contributed by atoms with Crippen molar-refractivity contribution >= 4 is 23.1 Å². The van der Waals surface area contributed by atoms with Gasteiger partial charge in [0.05, 0.1) is 24.6 Å². The van der Waals surface area contributed by atoms with Gasteiger partial charge in [-0.2, -0.15) is 4.98 Å². The van der Waals surface area contributed by atoms with Gasteiger partial charge in [0.15, 0.2) is 5.82 Å². The molecule has 2 rings (SSSR count). The highest BCUT2D eigenvalue weighted by molar-refractivity contribution is 6.28. The Hall–Kier alpha value is -1.07. The summed E-state index contributed by atoms with van der Waals surface area (Å²) < 4.78 is 5.44. The molecular formula is C9H13ClN4O. The Labute approximate surface area is 93.2 Å². The van der Waals surface area contributed by atoms with Crippen molar-refractivity contribution in [3.05, 3.63) is 11.5 Å². The van der Waals surface area contributed by atoms with E-state index in [0.717, 1.165) is 13.1 Å². The molecule has 1 aliphatic heterocycles. The fourth-order valence-electron chi connectivity index (χ4n) is 1.63. The van der Waals surface area contributed by atoms with Crippen LogP contribution in [0.15, 0.2) is 6.20 Å². The Bertz CT molecular complexity index is 360. The number of aromatic nitrogens is 2. The summed E-state index contributed by atoms with van der Waals surface area (Å²) in [4.78, 5) is 10.0. The molecule has 2 heterocycles. The Morgan fingerprint density at radius 1 is 1.67 bits per heavy atom. The van der Waals surface area contributed by atoms with Gasteiger partial charge >= 0.3 is 0 Å². The number of hydrogen-bond acceptors (Lipinski definition) is 5. The molecule has 0 aliphatic carbocycles. The van der Waals surface area contributed by atoms with E-state index in [1.807, 2.05) is 6.92 Å². The molecule has 0 spiro atoms. The molecule has 82 valence electrons. The first-order valence-corrected chi connectivity index (χ1v) is 5.19. The number of hydrogen-bond donors (Lipinski definition) is 1. The molecule has 0 radical (unpaired) electrons. The zero-order valence-electron chi connectivity index (χ0n) is 8.48. The van der Waals surface area contributed by atoms with Crippen LogP contribution in [0.1, 0.15) is 6.92 Å². The first-order valence-electron chi connectivity index (χ1n) is 4.81. The van der Waals surface area contributed by atoms with E-state index >= 15 is 0 Å². The van der Waals surface area contributed by atoms with Crippen LogP contribution in [0.25, 0.3) is 0 Å². The van der Waals surface area contributed by atoms with E-state index in [2.05, 4.69) is 14.9 Å². The molecule has 1 aromatic heterocycles. The molecule has 1 atom stereocenters. The zero-order valence-corrected chi connectivity index (χ0v) is 9.24. The second-order valence-electron chi connectivity index (χ2n) is 3.55. The van der Waals surface area contributed by atoms with E-state index in [1.165, 1.54) is 6.20 Å². The van der Waals surface area contributed by atoms with Crippen molar-refractivity contribution in [1.82, 2.24) is 9.97 Å². The van der Waals surface area contributed by atoms with Gasteiger partial charge in [-0.1, -0.05) is 0 Å². The van der Waals surface area contributed by atoms with Gasteiger partial charge in [-0.25, -0.2) is 4.98 Å². The van der Waals surface area contributed by atoms with Crippen molar-refractivity contribution in [2.24, 2.45) is 0 Å². The number of ether oxygens (including phenoxy) is 1. The average molecular weight is 229 g/mol. The lowest BCUT2D eigenvalue weighted by molar-refractivity contribution is 0.0530. The van der Waals surface area contributed by atoms with Gasteiger partial charge in [-0.3, -0.25) is 0 Å². The summed E-state index contributed by atoms with van der Waals surface area (Å²) in [6, 6.07) is 0. The van der Waals surface area contributed by atoms with Crippen molar-refractivity contribution < 1.29 is 4.74 Å². The standard InChI is InChI=1S/C9H13ClN4O/c1-6-5-14(2-3-15-6)8-7(11)4-12-9(10)13-8/h4,6H,2-3,5,11H2,1H3. The molecule has 1 fully saturated rings. The topological polar surface area (TPSA) is 64.3 Å². The fraction of sp³-hybridized carbons (Fsp3) is 0.556. The number of morpholine rings is 1. The molecule has 0 saturated carbocycles. The van der Waals surface area contributed by atoms with Gasteiger partial charge in [-0.15, -0.1) is 0 Å². The molecule has 15 heavy (non-hydrogen) atoms. The lowest BCUT2D eigenvalue weighted by Crippen LogP contribution is -2.41. The summed E-state index contributed by atoms with van der Waals surface area (Å²) in [5.41, 5.74) is 6.35. The second kappa shape index (κ2) is 4.20. The number of anilines is 2. The molecule has 1 unspecified atom stereocenters. The summed E-state index contributed by atoms with van der Waals surface area (Å²) in [5, 5.41) is 0.221. The Morgan fingerprint density at radius 3 is 3.20 bits per heavy atom. The van der Waals surface area contributed by atoms with Gasteiger partial charge in [-0.05, 0) is 18.5 Å². The van der Waals surface area contributed by atoms with E-state index in [4.69, 9.17) is 22.1 Å². The molecule has 0 bridgehead atoms. The Balaban J connectivity index is 2.24. The van der Waals surface area contributed by atoms with Gasteiger partial charge in [0.2, 0.25) is 5.28 Å². The van der Waals surface area contributed by atoms with Crippen LogP contribution in [0.2, 0.25) is 5.28 Å². The van der Waals surface area contributed by atoms with Gasteiger partial charge in [0.25, 0.3) is 0 Å². The van der Waals surface area contributed by atoms with Crippen LogP contribution < -0.4 is 10.6 Å². The van der Waals surface area contributed by atoms with Crippen LogP contribution in [-0.4, -0.2) is 35.8 Å². The van der Waals surface area contributed by atoms with Crippen LogP contribution in [0.3, 0.4) is 0 Å². The second-order valence-corrected chi connectivity index (χ2v) is 3.88. The molecule has 2 N–H and O–H groups in total. The third-order valence-electron chi connectivity index (χ3n) is 2.31. The minimum atomic E-state index is 0.187. The van der Waals surface area contributed by atoms with Crippen LogP contribution >= 0.6 is 11.6 Å². The van der Waals surface area contributed by atoms with Crippen molar-refractivity contribution in [1.29, 1.82) is 0 Å². The van der Waals surface area contributed by atoms with Crippen LogP contribution in [0, 0.1) is 0 Å². The summed E-state index contributed by atoms with van der Waals surface area (Å²) in [6.07, 6.45) is 1.72. The highest BCUT2D eigenvalue weighted by Gasteiger charge is 2.20. The first-order chi connectivity index (χ1) is 7.16. The highest BCUT2D eigenvalue weighted by atomic mass is 35.5. The first kappa shape index (κ1) is 10.4. The zero-order chi connectivity index (χ0) is 10.8. The van der Waals surface area contributed by atoms with E-state index < -0.39 is 0 Å². The SMILES string of the molecule is CC1CN(c2nc(Cl)ncc2N)CCO1.